The van der Waals surface area contributed by atoms with Crippen molar-refractivity contribution in [3.63, 3.8) is 0 Å². The minimum atomic E-state index is -0.949. The molecule has 237 valence electrons. The largest absolute Gasteiger partial charge is 0.665 e. The molecule has 47 heavy (non-hydrogen) atoms. The molecule has 3 aromatic carbocycles. The molecule has 4 rings (SSSR count). The zero-order valence-electron chi connectivity index (χ0n) is 24.7. The van der Waals surface area contributed by atoms with E-state index in [-0.39, 0.29) is 126 Å². The van der Waals surface area contributed by atoms with Gasteiger partial charge in [-0.15, -0.1) is 6.07 Å². The Bertz CT molecular complexity index is 1660. The predicted molar refractivity (Wildman–Crippen MR) is 154 cm³/mol. The number of methoxy groups -OCH3 is 2. The number of nitrogen functional groups attached to an aromatic ring is 1. The van der Waals surface area contributed by atoms with Crippen LogP contribution in [0.4, 0.5) is 11.4 Å². The van der Waals surface area contributed by atoms with Crippen molar-refractivity contribution >= 4 is 65.6 Å². The first kappa shape index (κ1) is 48.2. The Hall–Kier alpha value is -3.20. The van der Waals surface area contributed by atoms with Gasteiger partial charge in [-0.2, -0.15) is 0 Å². The van der Waals surface area contributed by atoms with Crippen molar-refractivity contribution in [2.45, 2.75) is 0 Å². The molecule has 3 radical (unpaired) electrons. The molecular weight excluding hydrogens is 847 g/mol. The molecule has 0 unspecified atom stereocenters. The maximum atomic E-state index is 11.1. The van der Waals surface area contributed by atoms with Crippen LogP contribution in [0.1, 0.15) is 51.8 Å². The van der Waals surface area contributed by atoms with Crippen molar-refractivity contribution in [1.82, 2.24) is 9.97 Å². The molecule has 0 aliphatic heterocycles. The normalized spacial score (nSPS) is 8.55. The Balaban J connectivity index is -0.000000576. The smallest absolute Gasteiger partial charge is 0.337 e. The summed E-state index contributed by atoms with van der Waals surface area (Å²) in [6.07, 6.45) is 6.61. The average molecular weight is 870 g/mol. The van der Waals surface area contributed by atoms with Gasteiger partial charge in [0.05, 0.1) is 31.8 Å². The summed E-state index contributed by atoms with van der Waals surface area (Å²) >= 11 is 0. The van der Waals surface area contributed by atoms with Gasteiger partial charge in [-0.25, -0.2) is 14.4 Å². The molecule has 18 heteroatoms. The molecule has 0 aliphatic rings. The van der Waals surface area contributed by atoms with E-state index in [4.69, 9.17) is 20.7 Å². The Morgan fingerprint density at radius 3 is 1.83 bits per heavy atom. The molecule has 5 N–H and O–H groups in total. The summed E-state index contributed by atoms with van der Waals surface area (Å²) in [5.41, 5.74) is 8.15. The summed E-state index contributed by atoms with van der Waals surface area (Å²) in [6, 6.07) is 13.3. The first-order chi connectivity index (χ1) is 21.1. The number of carboxylic acids is 1. The van der Waals surface area contributed by atoms with E-state index >= 15 is 0 Å². The molecule has 0 bridgehead atoms. The Kier molecular flexibility index (Phi) is 27.5. The summed E-state index contributed by atoms with van der Waals surface area (Å²) in [4.78, 5) is 79.6. The third-order valence-corrected chi connectivity index (χ3v) is 5.13. The first-order valence-corrected chi connectivity index (χ1v) is 11.7. The van der Waals surface area contributed by atoms with Gasteiger partial charge in [0.25, 0.3) is 0 Å². The van der Waals surface area contributed by atoms with Crippen LogP contribution in [0, 0.1) is 6.33 Å². The predicted octanol–water partition coefficient (Wildman–Crippen LogP) is 2.36. The molecule has 1 amide bonds. The monoisotopic (exact) mass is 870 g/mol. The van der Waals surface area contributed by atoms with Crippen LogP contribution >= 0.6 is 0 Å². The molecule has 0 saturated carbocycles. The van der Waals surface area contributed by atoms with E-state index in [9.17, 15) is 28.8 Å². The van der Waals surface area contributed by atoms with Crippen molar-refractivity contribution in [1.29, 1.82) is 0 Å². The average Bonchev–Trinajstić information content (AvgIpc) is 3.04. The van der Waals surface area contributed by atoms with Crippen LogP contribution in [0.3, 0.4) is 0 Å². The zero-order chi connectivity index (χ0) is 33.1. The SMILES string of the molecule is COC(=O)c1ccc(C=O)c(N)c1.COC(=O)c1ccc(C=O)c(N[C-]=O)c1.O=C(O)c1ccc2n[c-]ncc2c1.O=[C-]O.[Y].[Y].[Y]. The zero-order valence-corrected chi connectivity index (χ0v) is 33.2. The number of carboxylic acid groups (broad SMARTS) is 1. The third kappa shape index (κ3) is 16.5. The number of carbonyl (C=O) groups is 5. The van der Waals surface area contributed by atoms with Crippen molar-refractivity contribution in [2.24, 2.45) is 0 Å². The van der Waals surface area contributed by atoms with Gasteiger partial charge in [0.15, 0.2) is 6.29 Å². The number of rotatable bonds is 7. The number of benzene rings is 3. The van der Waals surface area contributed by atoms with E-state index in [0.717, 1.165) is 0 Å². The summed E-state index contributed by atoms with van der Waals surface area (Å²) in [7, 11) is 2.53. The van der Waals surface area contributed by atoms with E-state index in [1.807, 2.05) is 0 Å². The number of carbonyl (C=O) groups excluding carboxylic acids is 5. The number of aldehydes is 2. The topological polar surface area (TPSA) is 242 Å². The number of nitrogens with two attached hydrogens (primary N) is 1. The second-order valence-corrected chi connectivity index (χ2v) is 7.73. The van der Waals surface area contributed by atoms with E-state index in [2.05, 4.69) is 31.1 Å². The fourth-order valence-electron chi connectivity index (χ4n) is 3.07. The summed E-state index contributed by atoms with van der Waals surface area (Å²) < 4.78 is 8.97. The number of nitrogens with one attached hydrogen (secondary N) is 1. The van der Waals surface area contributed by atoms with Crippen molar-refractivity contribution in [3.05, 3.63) is 94.9 Å². The number of hydrogen-bond acceptors (Lipinski definition) is 12. The molecule has 4 aromatic rings. The molecule has 15 nitrogen and oxygen atoms in total. The Labute approximate surface area is 343 Å². The van der Waals surface area contributed by atoms with Crippen LogP contribution in [-0.4, -0.2) is 77.8 Å². The number of nitrogens with zero attached hydrogens (tertiary/aromatic N) is 2. The maximum Gasteiger partial charge on any atom is 0.337 e. The van der Waals surface area contributed by atoms with Gasteiger partial charge in [-0.05, 0) is 35.3 Å². The fraction of sp³-hybridized carbons (Fsp3) is 0.0690. The van der Waals surface area contributed by atoms with Gasteiger partial charge in [-0.3, -0.25) is 9.59 Å². The van der Waals surface area contributed by atoms with Gasteiger partial charge >= 0.3 is 17.9 Å². The maximum absolute atomic E-state index is 11.1. The minimum absolute atomic E-state index is 0. The van der Waals surface area contributed by atoms with Gasteiger partial charge < -0.3 is 50.3 Å². The molecule has 0 atom stereocenters. The second kappa shape index (κ2) is 26.8. The molecule has 1 heterocycles. The summed E-state index contributed by atoms with van der Waals surface area (Å²) in [5, 5.41) is 18.4. The summed E-state index contributed by atoms with van der Waals surface area (Å²) in [5.74, 6) is -1.96. The van der Waals surface area contributed by atoms with Crippen molar-refractivity contribution in [3.8, 4) is 0 Å². The van der Waals surface area contributed by atoms with Crippen molar-refractivity contribution < 1.29 is 151 Å². The molecule has 0 saturated heterocycles. The molecule has 0 fully saturated rings. The molecular formula is C29H23N4O11Y3-3. The quantitative estimate of drug-likeness (QED) is 0.0686. The van der Waals surface area contributed by atoms with E-state index in [0.29, 0.717) is 41.1 Å². The van der Waals surface area contributed by atoms with Crippen LogP contribution in [0.2, 0.25) is 0 Å². The van der Waals surface area contributed by atoms with Crippen molar-refractivity contribution in [2.75, 3.05) is 25.3 Å². The van der Waals surface area contributed by atoms with E-state index < -0.39 is 17.9 Å². The van der Waals surface area contributed by atoms with Crippen LogP contribution in [0.5, 0.6) is 0 Å². The second-order valence-electron chi connectivity index (χ2n) is 7.73. The van der Waals surface area contributed by atoms with Crippen LogP contribution in [0.15, 0.2) is 60.8 Å². The Morgan fingerprint density at radius 1 is 0.851 bits per heavy atom. The van der Waals surface area contributed by atoms with Crippen LogP contribution in [0.25, 0.3) is 10.9 Å². The number of aromatic nitrogens is 2. The number of ether oxygens (including phenoxy) is 2. The number of hydrogen-bond donors (Lipinski definition) is 4. The number of anilines is 2. The standard InChI is InChI=1S/C10H8NO4.C9H5N2O2.C9H9NO3.CHO2.3Y/c1-15-10(14)7-2-3-8(5-12)9(4-7)11-6-13;12-9(13)6-1-2-8-7(3-6)4-10-5-11-8;1-13-9(12)6-2-3-7(5-11)8(10)4-6;2-1-3;;;/h2-5H,1H3,(H,11,13);1-4H,(H,12,13);2-5H,10H2,1H3;(H,2,3);;;/q2*-1;;-1;;;. The number of fused-ring (bicyclic) bond motifs is 1. The number of esters is 2. The number of aliphatic hydroxyl groups excluding tert-OH is 1. The Morgan fingerprint density at radius 2 is 1.36 bits per heavy atom. The van der Waals surface area contributed by atoms with Gasteiger partial charge in [0, 0.05) is 121 Å². The van der Waals surface area contributed by atoms with Gasteiger partial charge in [0.2, 0.25) is 0 Å². The third-order valence-electron chi connectivity index (χ3n) is 5.13. The minimum Gasteiger partial charge on any atom is -0.665 e. The number of aromatic carboxylic acids is 1. The van der Waals surface area contributed by atoms with E-state index in [1.54, 1.807) is 6.07 Å². The van der Waals surface area contributed by atoms with Gasteiger partial charge in [-0.1, -0.05) is 48.0 Å². The number of amides is 1. The van der Waals surface area contributed by atoms with Gasteiger partial charge in [0.1, 0.15) is 6.29 Å². The first-order valence-electron chi connectivity index (χ1n) is 11.7. The van der Waals surface area contributed by atoms with E-state index in [1.165, 1.54) is 75.4 Å². The van der Waals surface area contributed by atoms with Crippen LogP contribution < -0.4 is 11.1 Å². The molecule has 0 aliphatic carbocycles. The summed E-state index contributed by atoms with van der Waals surface area (Å²) in [6.45, 7) is 0.500. The fourth-order valence-corrected chi connectivity index (χ4v) is 3.07. The molecule has 0 spiro atoms. The molecule has 1 aromatic heterocycles. The van der Waals surface area contributed by atoms with Crippen LogP contribution in [-0.2, 0) is 117 Å².